The largest absolute Gasteiger partial charge is 0.316 e. The summed E-state index contributed by atoms with van der Waals surface area (Å²) in [6, 6.07) is 0.530. The molecule has 0 aliphatic heterocycles. The van der Waals surface area contributed by atoms with Crippen LogP contribution in [0.5, 0.6) is 0 Å². The fourth-order valence-corrected chi connectivity index (χ4v) is 0.781. The second kappa shape index (κ2) is 5.09. The summed E-state index contributed by atoms with van der Waals surface area (Å²) in [6.45, 7) is 6.22. The zero-order valence-corrected chi connectivity index (χ0v) is 7.28. The molecule has 9 heavy (non-hydrogen) atoms. The molecule has 0 saturated carbocycles. The number of nitrogens with zero attached hydrogens (tertiary/aromatic N) is 1. The van der Waals surface area contributed by atoms with Crippen LogP contribution in [-0.2, 0) is 0 Å². The van der Waals surface area contributed by atoms with Gasteiger partial charge in [0.25, 0.3) is 0 Å². The molecule has 0 saturated heterocycles. The van der Waals surface area contributed by atoms with Crippen molar-refractivity contribution in [3.8, 4) is 0 Å². The second-order valence-electron chi connectivity index (χ2n) is 2.19. The Morgan fingerprint density at radius 3 is 2.56 bits per heavy atom. The Bertz CT molecular complexity index is 60.1. The average molecular weight is 148 g/mol. The van der Waals surface area contributed by atoms with Gasteiger partial charge in [-0.25, -0.2) is 0 Å². The number of likely N-dealkylation sites (N-methyl/N-ethyl adjacent to an activating group) is 2. The third-order valence-corrected chi connectivity index (χ3v) is 1.79. The molecule has 0 spiro atoms. The minimum atomic E-state index is 0.530. The van der Waals surface area contributed by atoms with E-state index in [1.54, 1.807) is 0 Å². The van der Waals surface area contributed by atoms with Crippen LogP contribution < -0.4 is 5.32 Å². The van der Waals surface area contributed by atoms with Crippen LogP contribution in [0.25, 0.3) is 0 Å². The van der Waals surface area contributed by atoms with Crippen molar-refractivity contribution in [3.05, 3.63) is 0 Å². The van der Waals surface area contributed by atoms with Gasteiger partial charge in [-0.05, 0) is 14.0 Å². The minimum absolute atomic E-state index is 0.530. The molecule has 56 valence electrons. The number of nitrogens with one attached hydrogen (secondary N) is 1. The maximum atomic E-state index is 4.22. The fourth-order valence-electron chi connectivity index (χ4n) is 0.537. The minimum Gasteiger partial charge on any atom is -0.316 e. The summed E-state index contributed by atoms with van der Waals surface area (Å²) in [6.07, 6.45) is 0. The molecule has 1 unspecified atom stereocenters. The highest BCUT2D eigenvalue weighted by molar-refractivity contribution is 7.77. The van der Waals surface area contributed by atoms with Crippen LogP contribution in [0.4, 0.5) is 0 Å². The van der Waals surface area contributed by atoms with Gasteiger partial charge >= 0.3 is 0 Å². The summed E-state index contributed by atoms with van der Waals surface area (Å²) in [7, 11) is 1.96. The zero-order valence-electron chi connectivity index (χ0n) is 6.39. The lowest BCUT2D eigenvalue weighted by Gasteiger charge is -2.17. The van der Waals surface area contributed by atoms with Crippen LogP contribution in [0.1, 0.15) is 13.8 Å². The molecular weight excluding hydrogens is 132 g/mol. The first-order chi connectivity index (χ1) is 4.20. The molecule has 0 bridgehead atoms. The number of hydrogen-bond donors (Lipinski definition) is 2. The molecule has 2 nitrogen and oxygen atoms in total. The van der Waals surface area contributed by atoms with E-state index in [-0.39, 0.29) is 0 Å². The number of rotatable bonds is 4. The molecule has 0 amide bonds. The summed E-state index contributed by atoms with van der Waals surface area (Å²) in [5, 5.41) is 3.14. The van der Waals surface area contributed by atoms with E-state index in [1.165, 1.54) is 0 Å². The molecule has 0 aliphatic carbocycles. The summed E-state index contributed by atoms with van der Waals surface area (Å²) in [4.78, 5) is 0. The third-order valence-electron chi connectivity index (χ3n) is 1.34. The quantitative estimate of drug-likeness (QED) is 0.572. The smallest absolute Gasteiger partial charge is 0.0238 e. The van der Waals surface area contributed by atoms with Crippen molar-refractivity contribution in [1.82, 2.24) is 9.62 Å². The van der Waals surface area contributed by atoms with E-state index in [2.05, 4.69) is 32.0 Å². The molecule has 0 aromatic rings. The predicted molar refractivity (Wildman–Crippen MR) is 44.8 cm³/mol. The lowest BCUT2D eigenvalue weighted by atomic mass is 10.3. The maximum absolute atomic E-state index is 4.22. The van der Waals surface area contributed by atoms with Gasteiger partial charge in [-0.3, -0.25) is 4.31 Å². The van der Waals surface area contributed by atoms with E-state index in [0.717, 1.165) is 13.1 Å². The summed E-state index contributed by atoms with van der Waals surface area (Å²) in [5.74, 6) is 0. The number of hydrogen-bond acceptors (Lipinski definition) is 3. The molecule has 0 aromatic carbocycles. The standard InChI is InChI=1S/C6H16N2S/c1-4-8(9)5-6(2)7-3/h6-7,9H,4-5H2,1-3H3. The topological polar surface area (TPSA) is 15.3 Å². The second-order valence-corrected chi connectivity index (χ2v) is 2.76. The van der Waals surface area contributed by atoms with Crippen LogP contribution in [0.2, 0.25) is 0 Å². The van der Waals surface area contributed by atoms with Crippen molar-refractivity contribution in [2.24, 2.45) is 0 Å². The Hall–Kier alpha value is 0.270. The molecule has 3 heteroatoms. The third kappa shape index (κ3) is 4.75. The Kier molecular flexibility index (Phi) is 5.24. The van der Waals surface area contributed by atoms with Crippen molar-refractivity contribution in [2.45, 2.75) is 19.9 Å². The van der Waals surface area contributed by atoms with Gasteiger partial charge in [-0.15, -0.1) is 0 Å². The Balaban J connectivity index is 3.22. The summed E-state index contributed by atoms with van der Waals surface area (Å²) >= 11 is 4.22. The normalized spacial score (nSPS) is 14.3. The lowest BCUT2D eigenvalue weighted by Crippen LogP contribution is -2.32. The first kappa shape index (κ1) is 9.27. The van der Waals surface area contributed by atoms with Crippen molar-refractivity contribution < 1.29 is 0 Å². The van der Waals surface area contributed by atoms with Gasteiger partial charge in [0, 0.05) is 19.1 Å². The molecule has 0 aromatic heterocycles. The molecular formula is C6H16N2S. The first-order valence-electron chi connectivity index (χ1n) is 3.31. The van der Waals surface area contributed by atoms with E-state index in [4.69, 9.17) is 0 Å². The number of thiol groups is 1. The van der Waals surface area contributed by atoms with Crippen molar-refractivity contribution in [1.29, 1.82) is 0 Å². The fraction of sp³-hybridized carbons (Fsp3) is 1.00. The Morgan fingerprint density at radius 2 is 2.22 bits per heavy atom. The molecule has 0 radical (unpaired) electrons. The molecule has 1 N–H and O–H groups in total. The van der Waals surface area contributed by atoms with E-state index in [9.17, 15) is 0 Å². The van der Waals surface area contributed by atoms with Gasteiger partial charge in [-0.1, -0.05) is 19.7 Å². The van der Waals surface area contributed by atoms with E-state index in [1.807, 2.05) is 11.4 Å². The first-order valence-corrected chi connectivity index (χ1v) is 3.71. The van der Waals surface area contributed by atoms with Crippen LogP contribution in [-0.4, -0.2) is 30.5 Å². The Labute approximate surface area is 63.2 Å². The molecule has 0 aliphatic rings. The Morgan fingerprint density at radius 1 is 1.67 bits per heavy atom. The van der Waals surface area contributed by atoms with Crippen molar-refractivity contribution >= 4 is 12.8 Å². The van der Waals surface area contributed by atoms with E-state index >= 15 is 0 Å². The van der Waals surface area contributed by atoms with Crippen LogP contribution in [0, 0.1) is 0 Å². The van der Waals surface area contributed by atoms with Gasteiger partial charge < -0.3 is 5.32 Å². The summed E-state index contributed by atoms with van der Waals surface area (Å²) in [5.41, 5.74) is 0. The monoisotopic (exact) mass is 148 g/mol. The predicted octanol–water partition coefficient (Wildman–Crippen LogP) is 0.761. The molecule has 1 atom stereocenters. The lowest BCUT2D eigenvalue weighted by molar-refractivity contribution is 0.431. The molecule has 0 rings (SSSR count). The average Bonchev–Trinajstić information content (AvgIpc) is 1.87. The van der Waals surface area contributed by atoms with Crippen molar-refractivity contribution in [3.63, 3.8) is 0 Å². The van der Waals surface area contributed by atoms with Crippen molar-refractivity contribution in [2.75, 3.05) is 20.1 Å². The van der Waals surface area contributed by atoms with Crippen LogP contribution in [0.15, 0.2) is 0 Å². The molecule has 0 fully saturated rings. The highest BCUT2D eigenvalue weighted by atomic mass is 32.1. The highest BCUT2D eigenvalue weighted by Gasteiger charge is 2.00. The highest BCUT2D eigenvalue weighted by Crippen LogP contribution is 1.93. The van der Waals surface area contributed by atoms with Gasteiger partial charge in [0.15, 0.2) is 0 Å². The van der Waals surface area contributed by atoms with E-state index < -0.39 is 0 Å². The van der Waals surface area contributed by atoms with Gasteiger partial charge in [0.1, 0.15) is 0 Å². The summed E-state index contributed by atoms with van der Waals surface area (Å²) < 4.78 is 1.99. The zero-order chi connectivity index (χ0) is 7.28. The van der Waals surface area contributed by atoms with Gasteiger partial charge in [-0.2, -0.15) is 0 Å². The van der Waals surface area contributed by atoms with Gasteiger partial charge in [0.05, 0.1) is 0 Å². The van der Waals surface area contributed by atoms with Crippen LogP contribution in [0.3, 0.4) is 0 Å². The van der Waals surface area contributed by atoms with Gasteiger partial charge in [0.2, 0.25) is 0 Å². The maximum Gasteiger partial charge on any atom is 0.0238 e. The SMILES string of the molecule is CCN(S)CC(C)NC. The van der Waals surface area contributed by atoms with Crippen LogP contribution >= 0.6 is 12.8 Å². The molecule has 0 heterocycles. The van der Waals surface area contributed by atoms with E-state index in [0.29, 0.717) is 6.04 Å².